The van der Waals surface area contributed by atoms with Gasteiger partial charge in [-0.05, 0) is 36.8 Å². The van der Waals surface area contributed by atoms with E-state index in [1.807, 2.05) is 35.2 Å². The Labute approximate surface area is 175 Å². The van der Waals surface area contributed by atoms with E-state index in [0.717, 1.165) is 51.4 Å². The molecule has 0 aliphatic carbocycles. The number of piperidine rings is 1. The van der Waals surface area contributed by atoms with Crippen LogP contribution in [0.25, 0.3) is 0 Å². The number of para-hydroxylation sites is 1. The van der Waals surface area contributed by atoms with Crippen LogP contribution in [0, 0.1) is 11.8 Å². The molecule has 3 unspecified atom stereocenters. The van der Waals surface area contributed by atoms with Crippen LogP contribution in [0.15, 0.2) is 30.3 Å². The van der Waals surface area contributed by atoms with Gasteiger partial charge >= 0.3 is 0 Å². The molecule has 0 saturated carbocycles. The number of hydrogen-bond donors (Lipinski definition) is 1. The molecule has 2 aliphatic rings. The highest BCUT2D eigenvalue weighted by atomic mass is 16.2. The fraction of sp³-hybridized carbons (Fsp3) is 0.652. The second kappa shape index (κ2) is 10.2. The zero-order valence-electron chi connectivity index (χ0n) is 18.1. The molecule has 6 heteroatoms. The van der Waals surface area contributed by atoms with Crippen molar-refractivity contribution in [1.29, 1.82) is 0 Å². The summed E-state index contributed by atoms with van der Waals surface area (Å²) < 4.78 is 0. The lowest BCUT2D eigenvalue weighted by Gasteiger charge is -2.40. The average molecular weight is 401 g/mol. The number of hydrogen-bond acceptors (Lipinski definition) is 4. The first-order chi connectivity index (χ1) is 14.0. The zero-order valence-corrected chi connectivity index (χ0v) is 18.1. The van der Waals surface area contributed by atoms with Crippen LogP contribution in [0.4, 0.5) is 5.69 Å². The number of carbonyl (C=O) groups excluding carboxylic acids is 2. The van der Waals surface area contributed by atoms with E-state index in [4.69, 9.17) is 0 Å². The SMILES string of the molecule is CCC(C(=O)Nc1ccccc1)N1CCN(CC(=O)N2CC(C)CC(C)C2)CC1. The fourth-order valence-corrected chi connectivity index (χ4v) is 4.75. The maximum absolute atomic E-state index is 12.7. The molecule has 3 rings (SSSR count). The molecule has 1 aromatic carbocycles. The largest absolute Gasteiger partial charge is 0.341 e. The first-order valence-electron chi connectivity index (χ1n) is 11.1. The summed E-state index contributed by atoms with van der Waals surface area (Å²) in [5, 5.41) is 3.03. The summed E-state index contributed by atoms with van der Waals surface area (Å²) in [4.78, 5) is 32.0. The number of carbonyl (C=O) groups is 2. The molecule has 2 fully saturated rings. The molecule has 2 heterocycles. The van der Waals surface area contributed by atoms with Crippen LogP contribution in [0.5, 0.6) is 0 Å². The zero-order chi connectivity index (χ0) is 20.8. The third-order valence-corrected chi connectivity index (χ3v) is 6.16. The molecule has 2 aliphatic heterocycles. The van der Waals surface area contributed by atoms with Gasteiger partial charge < -0.3 is 10.2 Å². The number of nitrogens with zero attached hydrogens (tertiary/aromatic N) is 3. The van der Waals surface area contributed by atoms with Crippen molar-refractivity contribution in [3.05, 3.63) is 30.3 Å². The van der Waals surface area contributed by atoms with E-state index in [0.29, 0.717) is 18.4 Å². The van der Waals surface area contributed by atoms with Crippen molar-refractivity contribution < 1.29 is 9.59 Å². The summed E-state index contributed by atoms with van der Waals surface area (Å²) in [5.74, 6) is 1.49. The number of benzene rings is 1. The molecule has 2 saturated heterocycles. The van der Waals surface area contributed by atoms with Crippen LogP contribution in [-0.4, -0.2) is 78.4 Å². The summed E-state index contributed by atoms with van der Waals surface area (Å²) in [7, 11) is 0. The lowest BCUT2D eigenvalue weighted by molar-refractivity contribution is -0.136. The van der Waals surface area contributed by atoms with E-state index in [1.54, 1.807) is 0 Å². The minimum atomic E-state index is -0.128. The lowest BCUT2D eigenvalue weighted by Crippen LogP contribution is -2.55. The molecule has 0 aromatic heterocycles. The van der Waals surface area contributed by atoms with Crippen molar-refractivity contribution >= 4 is 17.5 Å². The minimum Gasteiger partial charge on any atom is -0.341 e. The van der Waals surface area contributed by atoms with Crippen molar-refractivity contribution in [3.63, 3.8) is 0 Å². The Balaban J connectivity index is 1.47. The van der Waals surface area contributed by atoms with Gasteiger partial charge in [0.15, 0.2) is 0 Å². The van der Waals surface area contributed by atoms with Crippen molar-refractivity contribution in [2.24, 2.45) is 11.8 Å². The van der Waals surface area contributed by atoms with E-state index in [9.17, 15) is 9.59 Å². The summed E-state index contributed by atoms with van der Waals surface area (Å²) in [6, 6.07) is 9.50. The predicted octanol–water partition coefficient (Wildman–Crippen LogP) is 2.53. The topological polar surface area (TPSA) is 55.9 Å². The first-order valence-corrected chi connectivity index (χ1v) is 11.1. The monoisotopic (exact) mass is 400 g/mol. The van der Waals surface area contributed by atoms with Gasteiger partial charge in [-0.15, -0.1) is 0 Å². The maximum Gasteiger partial charge on any atom is 0.241 e. The Morgan fingerprint density at radius 3 is 2.24 bits per heavy atom. The molecule has 0 radical (unpaired) electrons. The Morgan fingerprint density at radius 1 is 1.03 bits per heavy atom. The van der Waals surface area contributed by atoms with Crippen LogP contribution in [0.1, 0.15) is 33.6 Å². The second-order valence-corrected chi connectivity index (χ2v) is 8.84. The number of rotatable bonds is 6. The van der Waals surface area contributed by atoms with Crippen LogP contribution in [0.2, 0.25) is 0 Å². The smallest absolute Gasteiger partial charge is 0.241 e. The summed E-state index contributed by atoms with van der Waals surface area (Å²) in [6.07, 6.45) is 1.99. The van der Waals surface area contributed by atoms with Crippen LogP contribution in [-0.2, 0) is 9.59 Å². The molecule has 160 valence electrons. The molecular formula is C23H36N4O2. The number of amides is 2. The molecule has 0 spiro atoms. The third-order valence-electron chi connectivity index (χ3n) is 6.16. The maximum atomic E-state index is 12.7. The highest BCUT2D eigenvalue weighted by Crippen LogP contribution is 2.21. The third kappa shape index (κ3) is 6.03. The van der Waals surface area contributed by atoms with Gasteiger partial charge in [-0.3, -0.25) is 19.4 Å². The molecule has 0 bridgehead atoms. The summed E-state index contributed by atoms with van der Waals surface area (Å²) in [6.45, 7) is 12.1. The van der Waals surface area contributed by atoms with Gasteiger partial charge in [0.25, 0.3) is 0 Å². The van der Waals surface area contributed by atoms with Crippen molar-refractivity contribution in [3.8, 4) is 0 Å². The van der Waals surface area contributed by atoms with Gasteiger partial charge in [0.1, 0.15) is 0 Å². The van der Waals surface area contributed by atoms with Crippen LogP contribution >= 0.6 is 0 Å². The van der Waals surface area contributed by atoms with Crippen molar-refractivity contribution in [2.75, 3.05) is 51.1 Å². The molecular weight excluding hydrogens is 364 g/mol. The number of likely N-dealkylation sites (tertiary alicyclic amines) is 1. The molecule has 6 nitrogen and oxygen atoms in total. The van der Waals surface area contributed by atoms with Crippen molar-refractivity contribution in [2.45, 2.75) is 39.7 Å². The molecule has 2 amide bonds. The summed E-state index contributed by atoms with van der Waals surface area (Å²) >= 11 is 0. The Kier molecular flexibility index (Phi) is 7.67. The van der Waals surface area contributed by atoms with Gasteiger partial charge in [0.05, 0.1) is 12.6 Å². The highest BCUT2D eigenvalue weighted by Gasteiger charge is 2.30. The first kappa shape index (κ1) is 21.8. The van der Waals surface area contributed by atoms with Gasteiger partial charge in [-0.2, -0.15) is 0 Å². The van der Waals surface area contributed by atoms with Gasteiger partial charge in [0.2, 0.25) is 11.8 Å². The standard InChI is InChI=1S/C23H36N4O2/c1-4-21(23(29)24-20-8-6-5-7-9-20)26-12-10-25(11-13-26)17-22(28)27-15-18(2)14-19(3)16-27/h5-9,18-19,21H,4,10-17H2,1-3H3,(H,24,29). The Hall–Kier alpha value is -1.92. The van der Waals surface area contributed by atoms with Crippen LogP contribution < -0.4 is 5.32 Å². The van der Waals surface area contributed by atoms with E-state index >= 15 is 0 Å². The predicted molar refractivity (Wildman–Crippen MR) is 117 cm³/mol. The fourth-order valence-electron chi connectivity index (χ4n) is 4.75. The van der Waals surface area contributed by atoms with Crippen molar-refractivity contribution in [1.82, 2.24) is 14.7 Å². The second-order valence-electron chi connectivity index (χ2n) is 8.84. The quantitative estimate of drug-likeness (QED) is 0.797. The number of piperazine rings is 1. The molecule has 3 atom stereocenters. The van der Waals surface area contributed by atoms with E-state index in [2.05, 4.69) is 35.9 Å². The van der Waals surface area contributed by atoms with Gasteiger partial charge in [-0.25, -0.2) is 0 Å². The van der Waals surface area contributed by atoms with Gasteiger partial charge in [0, 0.05) is 45.0 Å². The number of nitrogens with one attached hydrogen (secondary N) is 1. The molecule has 1 N–H and O–H groups in total. The minimum absolute atomic E-state index is 0.0551. The molecule has 29 heavy (non-hydrogen) atoms. The lowest BCUT2D eigenvalue weighted by atomic mass is 9.92. The van der Waals surface area contributed by atoms with Gasteiger partial charge in [-0.1, -0.05) is 39.0 Å². The van der Waals surface area contributed by atoms with E-state index in [1.165, 1.54) is 6.42 Å². The number of anilines is 1. The normalized spacial score (nSPS) is 24.9. The highest BCUT2D eigenvalue weighted by molar-refractivity contribution is 5.94. The molecule has 1 aromatic rings. The Morgan fingerprint density at radius 2 is 1.66 bits per heavy atom. The van der Waals surface area contributed by atoms with E-state index < -0.39 is 0 Å². The summed E-state index contributed by atoms with van der Waals surface area (Å²) in [5.41, 5.74) is 0.838. The van der Waals surface area contributed by atoms with E-state index in [-0.39, 0.29) is 17.9 Å². The Bertz CT molecular complexity index is 663. The average Bonchev–Trinajstić information content (AvgIpc) is 2.70. The van der Waals surface area contributed by atoms with Crippen LogP contribution in [0.3, 0.4) is 0 Å².